The fourth-order valence-corrected chi connectivity index (χ4v) is 3.44. The number of aromatic nitrogens is 4. The first kappa shape index (κ1) is 20.2. The molecule has 3 rings (SSSR count). The van der Waals surface area contributed by atoms with Gasteiger partial charge in [-0.25, -0.2) is 0 Å². The van der Waals surface area contributed by atoms with Crippen molar-refractivity contribution in [2.24, 2.45) is 0 Å². The molecule has 1 heterocycles. The third kappa shape index (κ3) is 5.02. The molecule has 1 N–H and O–H groups in total. The summed E-state index contributed by atoms with van der Waals surface area (Å²) in [5.41, 5.74) is 1.95. The molecule has 0 saturated carbocycles. The number of hydrogen-bond acceptors (Lipinski definition) is 7. The Bertz CT molecular complexity index is 883. The lowest BCUT2D eigenvalue weighted by Gasteiger charge is -2.16. The number of hydrogen-bond donors (Lipinski definition) is 1. The molecule has 0 radical (unpaired) electrons. The van der Waals surface area contributed by atoms with E-state index in [4.69, 9.17) is 9.47 Å². The first-order valence-corrected chi connectivity index (χ1v) is 10.0. The van der Waals surface area contributed by atoms with E-state index >= 15 is 0 Å². The average Bonchev–Trinajstić information content (AvgIpc) is 3.19. The highest BCUT2D eigenvalue weighted by Crippen LogP contribution is 2.26. The van der Waals surface area contributed by atoms with Gasteiger partial charge in [-0.2, -0.15) is 4.68 Å². The van der Waals surface area contributed by atoms with Crippen LogP contribution in [0.1, 0.15) is 25.3 Å². The lowest BCUT2D eigenvalue weighted by Crippen LogP contribution is -2.21. The maximum absolute atomic E-state index is 10.3. The van der Waals surface area contributed by atoms with Crippen molar-refractivity contribution in [3.05, 3.63) is 54.1 Å². The summed E-state index contributed by atoms with van der Waals surface area (Å²) < 4.78 is 12.6. The van der Waals surface area contributed by atoms with Crippen LogP contribution in [0.15, 0.2) is 53.7 Å². The minimum Gasteiger partial charge on any atom is -0.497 e. The van der Waals surface area contributed by atoms with Crippen LogP contribution >= 0.6 is 11.8 Å². The second-order valence-corrected chi connectivity index (χ2v) is 7.53. The first-order valence-electron chi connectivity index (χ1n) is 9.04. The van der Waals surface area contributed by atoms with Gasteiger partial charge in [0, 0.05) is 5.75 Å². The third-order valence-corrected chi connectivity index (χ3v) is 5.20. The number of ether oxygens (including phenoxy) is 2. The van der Waals surface area contributed by atoms with Crippen LogP contribution in [0.25, 0.3) is 5.69 Å². The van der Waals surface area contributed by atoms with E-state index in [9.17, 15) is 5.11 Å². The standard InChI is InChI=1S/C20H24N4O3S/c1-14(2)18-6-4-5-7-19(18)27-12-16(25)13-28-20-21-22-23-24(20)15-8-10-17(26-3)11-9-15/h4-11,14,16,25H,12-13H2,1-3H3/t16-/m0/s1. The smallest absolute Gasteiger partial charge is 0.214 e. The molecule has 0 amide bonds. The molecule has 1 aromatic heterocycles. The molecule has 3 aromatic rings. The second-order valence-electron chi connectivity index (χ2n) is 6.54. The van der Waals surface area contributed by atoms with E-state index in [-0.39, 0.29) is 6.61 Å². The van der Waals surface area contributed by atoms with E-state index in [1.165, 1.54) is 11.8 Å². The fraction of sp³-hybridized carbons (Fsp3) is 0.350. The summed E-state index contributed by atoms with van der Waals surface area (Å²) in [5, 5.41) is 22.7. The van der Waals surface area contributed by atoms with Gasteiger partial charge < -0.3 is 14.6 Å². The third-order valence-electron chi connectivity index (χ3n) is 4.13. The molecule has 0 bridgehead atoms. The van der Waals surface area contributed by atoms with Crippen LogP contribution in [0.5, 0.6) is 11.5 Å². The van der Waals surface area contributed by atoms with E-state index in [2.05, 4.69) is 29.4 Å². The first-order chi connectivity index (χ1) is 13.6. The minimum atomic E-state index is -0.647. The highest BCUT2D eigenvalue weighted by atomic mass is 32.2. The molecule has 2 aromatic carbocycles. The van der Waals surface area contributed by atoms with E-state index in [1.54, 1.807) is 11.8 Å². The number of methoxy groups -OCH3 is 1. The van der Waals surface area contributed by atoms with E-state index in [0.717, 1.165) is 22.7 Å². The van der Waals surface area contributed by atoms with Crippen molar-refractivity contribution in [1.82, 2.24) is 20.2 Å². The minimum absolute atomic E-state index is 0.209. The fourth-order valence-electron chi connectivity index (χ4n) is 2.65. The van der Waals surface area contributed by atoms with Crippen LogP contribution in [0, 0.1) is 0 Å². The predicted molar refractivity (Wildman–Crippen MR) is 108 cm³/mol. The van der Waals surface area contributed by atoms with E-state index in [1.807, 2.05) is 48.5 Å². The quantitative estimate of drug-likeness (QED) is 0.552. The normalized spacial score (nSPS) is 12.2. The van der Waals surface area contributed by atoms with Crippen molar-refractivity contribution >= 4 is 11.8 Å². The maximum Gasteiger partial charge on any atom is 0.214 e. The van der Waals surface area contributed by atoms with Crippen LogP contribution in [0.2, 0.25) is 0 Å². The Morgan fingerprint density at radius 2 is 1.86 bits per heavy atom. The highest BCUT2D eigenvalue weighted by molar-refractivity contribution is 7.99. The van der Waals surface area contributed by atoms with Gasteiger partial charge in [-0.3, -0.25) is 0 Å². The van der Waals surface area contributed by atoms with Gasteiger partial charge in [0.2, 0.25) is 5.16 Å². The van der Waals surface area contributed by atoms with Crippen molar-refractivity contribution < 1.29 is 14.6 Å². The molecular weight excluding hydrogens is 376 g/mol. The zero-order valence-corrected chi connectivity index (χ0v) is 17.0. The number of para-hydroxylation sites is 1. The summed E-state index contributed by atoms with van der Waals surface area (Å²) in [6, 6.07) is 15.4. The van der Waals surface area contributed by atoms with E-state index < -0.39 is 6.10 Å². The molecule has 0 saturated heterocycles. The Kier molecular flexibility index (Phi) is 6.89. The Labute approximate surface area is 168 Å². The van der Waals surface area contributed by atoms with E-state index in [0.29, 0.717) is 16.8 Å². The summed E-state index contributed by atoms with van der Waals surface area (Å²) in [5.74, 6) is 2.35. The van der Waals surface area contributed by atoms with Crippen LogP contribution in [0.3, 0.4) is 0 Å². The largest absolute Gasteiger partial charge is 0.497 e. The maximum atomic E-state index is 10.3. The molecule has 0 fully saturated rings. The molecule has 0 aliphatic heterocycles. The SMILES string of the molecule is COc1ccc(-n2nnnc2SC[C@@H](O)COc2ccccc2C(C)C)cc1. The topological polar surface area (TPSA) is 82.3 Å². The Morgan fingerprint density at radius 3 is 2.57 bits per heavy atom. The predicted octanol–water partition coefficient (Wildman–Crippen LogP) is 3.33. The van der Waals surface area contributed by atoms with Gasteiger partial charge in [0.25, 0.3) is 0 Å². The summed E-state index contributed by atoms with van der Waals surface area (Å²) in [4.78, 5) is 0. The molecule has 28 heavy (non-hydrogen) atoms. The molecule has 7 nitrogen and oxygen atoms in total. The zero-order chi connectivity index (χ0) is 19.9. The number of nitrogens with zero attached hydrogens (tertiary/aromatic N) is 4. The van der Waals surface area contributed by atoms with Crippen LogP contribution in [0.4, 0.5) is 0 Å². The van der Waals surface area contributed by atoms with Gasteiger partial charge in [-0.05, 0) is 52.2 Å². The van der Waals surface area contributed by atoms with Gasteiger partial charge in [-0.15, -0.1) is 5.10 Å². The van der Waals surface area contributed by atoms with Gasteiger partial charge >= 0.3 is 0 Å². The summed E-state index contributed by atoms with van der Waals surface area (Å²) >= 11 is 1.38. The molecule has 0 aliphatic carbocycles. The van der Waals surface area contributed by atoms with Crippen molar-refractivity contribution in [3.63, 3.8) is 0 Å². The lowest BCUT2D eigenvalue weighted by atomic mass is 10.0. The Hall–Kier alpha value is -2.58. The van der Waals surface area contributed by atoms with Crippen LogP contribution in [-0.2, 0) is 0 Å². The molecule has 0 unspecified atom stereocenters. The molecule has 0 aliphatic rings. The summed E-state index contributed by atoms with van der Waals surface area (Å²) in [6.07, 6.45) is -0.647. The van der Waals surface area contributed by atoms with Crippen LogP contribution in [-0.4, -0.2) is 50.9 Å². The number of aliphatic hydroxyl groups is 1. The number of benzene rings is 2. The lowest BCUT2D eigenvalue weighted by molar-refractivity contribution is 0.125. The summed E-state index contributed by atoms with van der Waals surface area (Å²) in [7, 11) is 1.62. The number of rotatable bonds is 9. The van der Waals surface area contributed by atoms with Gasteiger partial charge in [-0.1, -0.05) is 43.8 Å². The van der Waals surface area contributed by atoms with Gasteiger partial charge in [0.15, 0.2) is 0 Å². The Morgan fingerprint density at radius 1 is 1.11 bits per heavy atom. The molecule has 1 atom stereocenters. The Balaban J connectivity index is 1.57. The van der Waals surface area contributed by atoms with Gasteiger partial charge in [0.05, 0.1) is 18.9 Å². The molecule has 0 spiro atoms. The molecule has 148 valence electrons. The number of aliphatic hydroxyl groups excluding tert-OH is 1. The zero-order valence-electron chi connectivity index (χ0n) is 16.1. The average molecular weight is 401 g/mol. The van der Waals surface area contributed by atoms with Crippen molar-refractivity contribution in [2.75, 3.05) is 19.5 Å². The monoisotopic (exact) mass is 400 g/mol. The number of thioether (sulfide) groups is 1. The van der Waals surface area contributed by atoms with Gasteiger partial charge in [0.1, 0.15) is 18.1 Å². The molecular formula is C20H24N4O3S. The molecule has 8 heteroatoms. The second kappa shape index (κ2) is 9.57. The van der Waals surface area contributed by atoms with Crippen molar-refractivity contribution in [1.29, 1.82) is 0 Å². The van der Waals surface area contributed by atoms with Crippen molar-refractivity contribution in [3.8, 4) is 17.2 Å². The number of tetrazole rings is 1. The van der Waals surface area contributed by atoms with Crippen molar-refractivity contribution in [2.45, 2.75) is 31.0 Å². The summed E-state index contributed by atoms with van der Waals surface area (Å²) in [6.45, 7) is 4.45. The highest BCUT2D eigenvalue weighted by Gasteiger charge is 2.14. The van der Waals surface area contributed by atoms with Crippen LogP contribution < -0.4 is 9.47 Å².